The normalized spacial score (nSPS) is 22.6. The van der Waals surface area contributed by atoms with Crippen LogP contribution in [-0.2, 0) is 13.1 Å². The van der Waals surface area contributed by atoms with Gasteiger partial charge >= 0.3 is 0 Å². The van der Waals surface area contributed by atoms with Crippen molar-refractivity contribution in [2.45, 2.75) is 71.5 Å². The van der Waals surface area contributed by atoms with Crippen LogP contribution in [-0.4, -0.2) is 24.0 Å². The standard InChI is InChI=1S/C18H30N2S/c1-3-18(4-2)9-11-20(12-10-18)14-17-8-7-16(21-17)13-19-15-5-6-15/h7-8,15,19H,3-6,9-14H2,1-2H3. The lowest BCUT2D eigenvalue weighted by molar-refractivity contribution is 0.0915. The molecule has 21 heavy (non-hydrogen) atoms. The number of thiophene rings is 1. The molecule has 2 nitrogen and oxygen atoms in total. The average Bonchev–Trinajstić information content (AvgIpc) is 3.26. The van der Waals surface area contributed by atoms with Crippen LogP contribution in [0.15, 0.2) is 12.1 Å². The van der Waals surface area contributed by atoms with Crippen LogP contribution in [0.3, 0.4) is 0 Å². The smallest absolute Gasteiger partial charge is 0.0328 e. The molecular weight excluding hydrogens is 276 g/mol. The topological polar surface area (TPSA) is 15.3 Å². The van der Waals surface area contributed by atoms with E-state index < -0.39 is 0 Å². The Hall–Kier alpha value is -0.380. The van der Waals surface area contributed by atoms with Crippen molar-refractivity contribution in [2.24, 2.45) is 5.41 Å². The van der Waals surface area contributed by atoms with E-state index in [0.29, 0.717) is 5.41 Å². The minimum Gasteiger partial charge on any atom is -0.309 e. The maximum atomic E-state index is 3.61. The number of nitrogens with one attached hydrogen (secondary N) is 1. The third kappa shape index (κ3) is 4.08. The second-order valence-corrected chi connectivity index (χ2v) is 8.26. The molecule has 0 atom stereocenters. The molecule has 0 amide bonds. The predicted molar refractivity (Wildman–Crippen MR) is 91.7 cm³/mol. The molecule has 118 valence electrons. The highest BCUT2D eigenvalue weighted by Gasteiger charge is 2.31. The number of rotatable bonds is 7. The summed E-state index contributed by atoms with van der Waals surface area (Å²) < 4.78 is 0. The van der Waals surface area contributed by atoms with Gasteiger partial charge in [0.05, 0.1) is 0 Å². The Labute approximate surface area is 133 Å². The number of hydrogen-bond donors (Lipinski definition) is 1. The van der Waals surface area contributed by atoms with Gasteiger partial charge in [0.2, 0.25) is 0 Å². The van der Waals surface area contributed by atoms with E-state index in [1.54, 1.807) is 4.88 Å². The van der Waals surface area contributed by atoms with Gasteiger partial charge < -0.3 is 5.32 Å². The molecule has 1 aliphatic heterocycles. The lowest BCUT2D eigenvalue weighted by atomic mass is 9.74. The summed E-state index contributed by atoms with van der Waals surface area (Å²) in [5.74, 6) is 0. The molecule has 3 rings (SSSR count). The van der Waals surface area contributed by atoms with Crippen LogP contribution in [0.1, 0.15) is 62.1 Å². The third-order valence-corrected chi connectivity index (χ3v) is 6.73. The number of piperidine rings is 1. The van der Waals surface area contributed by atoms with Gasteiger partial charge in [0.25, 0.3) is 0 Å². The summed E-state index contributed by atoms with van der Waals surface area (Å²) >= 11 is 2.00. The first-order chi connectivity index (χ1) is 10.2. The Kier molecular flexibility index (Phi) is 5.03. The molecule has 1 saturated carbocycles. The highest BCUT2D eigenvalue weighted by atomic mass is 32.1. The van der Waals surface area contributed by atoms with E-state index in [-0.39, 0.29) is 0 Å². The van der Waals surface area contributed by atoms with Gasteiger partial charge in [0.15, 0.2) is 0 Å². The molecule has 0 unspecified atom stereocenters. The van der Waals surface area contributed by atoms with Crippen LogP contribution in [0.25, 0.3) is 0 Å². The van der Waals surface area contributed by atoms with Crippen molar-refractivity contribution in [1.29, 1.82) is 0 Å². The monoisotopic (exact) mass is 306 g/mol. The number of likely N-dealkylation sites (tertiary alicyclic amines) is 1. The number of hydrogen-bond acceptors (Lipinski definition) is 3. The van der Waals surface area contributed by atoms with Crippen molar-refractivity contribution in [3.05, 3.63) is 21.9 Å². The van der Waals surface area contributed by atoms with E-state index in [2.05, 4.69) is 36.2 Å². The number of nitrogens with zero attached hydrogens (tertiary/aromatic N) is 1. The molecule has 1 N–H and O–H groups in total. The van der Waals surface area contributed by atoms with Crippen LogP contribution in [0, 0.1) is 5.41 Å². The molecule has 0 bridgehead atoms. The van der Waals surface area contributed by atoms with Crippen LogP contribution in [0.2, 0.25) is 0 Å². The first-order valence-corrected chi connectivity index (χ1v) is 9.58. The summed E-state index contributed by atoms with van der Waals surface area (Å²) in [6.07, 6.45) is 8.24. The van der Waals surface area contributed by atoms with E-state index in [1.165, 1.54) is 56.5 Å². The van der Waals surface area contributed by atoms with Gasteiger partial charge in [-0.25, -0.2) is 0 Å². The summed E-state index contributed by atoms with van der Waals surface area (Å²) in [7, 11) is 0. The average molecular weight is 307 g/mol. The predicted octanol–water partition coefficient (Wildman–Crippen LogP) is 4.40. The second-order valence-electron chi connectivity index (χ2n) is 7.01. The molecule has 0 spiro atoms. The van der Waals surface area contributed by atoms with E-state index in [0.717, 1.165) is 19.1 Å². The van der Waals surface area contributed by atoms with Crippen LogP contribution < -0.4 is 5.32 Å². The van der Waals surface area contributed by atoms with Crippen LogP contribution >= 0.6 is 11.3 Å². The van der Waals surface area contributed by atoms with Gasteiger partial charge in [0, 0.05) is 28.9 Å². The molecule has 2 heterocycles. The SMILES string of the molecule is CCC1(CC)CCN(Cc2ccc(CNC3CC3)s2)CC1. The lowest BCUT2D eigenvalue weighted by Crippen LogP contribution is -2.39. The van der Waals surface area contributed by atoms with E-state index >= 15 is 0 Å². The molecule has 3 heteroatoms. The summed E-state index contributed by atoms with van der Waals surface area (Å²) in [5, 5.41) is 3.61. The zero-order valence-electron chi connectivity index (χ0n) is 13.7. The second kappa shape index (κ2) is 6.80. The molecule has 0 radical (unpaired) electrons. The fraction of sp³-hybridized carbons (Fsp3) is 0.778. The highest BCUT2D eigenvalue weighted by Crippen LogP contribution is 2.38. The van der Waals surface area contributed by atoms with Gasteiger partial charge in [-0.3, -0.25) is 4.90 Å². The summed E-state index contributed by atoms with van der Waals surface area (Å²) in [6, 6.07) is 5.48. The quantitative estimate of drug-likeness (QED) is 0.803. The fourth-order valence-corrected chi connectivity index (χ4v) is 4.51. The molecule has 1 aromatic heterocycles. The zero-order valence-corrected chi connectivity index (χ0v) is 14.5. The van der Waals surface area contributed by atoms with E-state index in [4.69, 9.17) is 0 Å². The summed E-state index contributed by atoms with van der Waals surface area (Å²) in [4.78, 5) is 5.71. The molecule has 2 aliphatic rings. The Morgan fingerprint density at radius 3 is 2.43 bits per heavy atom. The zero-order chi connectivity index (χ0) is 14.7. The maximum absolute atomic E-state index is 3.61. The molecule has 1 aromatic rings. The minimum absolute atomic E-state index is 0.644. The Morgan fingerprint density at radius 2 is 1.81 bits per heavy atom. The van der Waals surface area contributed by atoms with Crippen molar-refractivity contribution < 1.29 is 0 Å². The Morgan fingerprint density at radius 1 is 1.14 bits per heavy atom. The maximum Gasteiger partial charge on any atom is 0.0328 e. The van der Waals surface area contributed by atoms with Crippen LogP contribution in [0.5, 0.6) is 0 Å². The molecule has 1 saturated heterocycles. The van der Waals surface area contributed by atoms with Crippen molar-refractivity contribution >= 4 is 11.3 Å². The van der Waals surface area contributed by atoms with Gasteiger partial charge in [-0.15, -0.1) is 11.3 Å². The minimum atomic E-state index is 0.644. The van der Waals surface area contributed by atoms with E-state index in [9.17, 15) is 0 Å². The summed E-state index contributed by atoms with van der Waals surface area (Å²) in [6.45, 7) is 9.56. The first kappa shape index (κ1) is 15.5. The van der Waals surface area contributed by atoms with Crippen molar-refractivity contribution in [3.63, 3.8) is 0 Å². The fourth-order valence-electron chi connectivity index (χ4n) is 3.50. The van der Waals surface area contributed by atoms with Crippen molar-refractivity contribution in [2.75, 3.05) is 13.1 Å². The highest BCUT2D eigenvalue weighted by molar-refractivity contribution is 7.11. The van der Waals surface area contributed by atoms with E-state index in [1.807, 2.05) is 11.3 Å². The third-order valence-electron chi connectivity index (χ3n) is 5.66. The lowest BCUT2D eigenvalue weighted by Gasteiger charge is -2.40. The van der Waals surface area contributed by atoms with Crippen molar-refractivity contribution in [3.8, 4) is 0 Å². The first-order valence-electron chi connectivity index (χ1n) is 8.76. The van der Waals surface area contributed by atoms with Crippen molar-refractivity contribution in [1.82, 2.24) is 10.2 Å². The van der Waals surface area contributed by atoms with Gasteiger partial charge in [-0.2, -0.15) is 0 Å². The Balaban J connectivity index is 1.46. The van der Waals surface area contributed by atoms with Gasteiger partial charge in [0.1, 0.15) is 0 Å². The molecular formula is C18H30N2S. The van der Waals surface area contributed by atoms with Crippen LogP contribution in [0.4, 0.5) is 0 Å². The van der Waals surface area contributed by atoms with Gasteiger partial charge in [-0.1, -0.05) is 26.7 Å². The molecule has 0 aromatic carbocycles. The Bertz CT molecular complexity index is 436. The largest absolute Gasteiger partial charge is 0.309 e. The summed E-state index contributed by atoms with van der Waals surface area (Å²) in [5.41, 5.74) is 0.644. The van der Waals surface area contributed by atoms with Gasteiger partial charge in [-0.05, 0) is 56.3 Å². The molecule has 2 fully saturated rings. The molecule has 1 aliphatic carbocycles.